The lowest BCUT2D eigenvalue weighted by atomic mass is 9.98. The van der Waals surface area contributed by atoms with Gasteiger partial charge in [-0.2, -0.15) is 0 Å². The van der Waals surface area contributed by atoms with Gasteiger partial charge in [0.25, 0.3) is 0 Å². The Labute approximate surface area is 132 Å². The Hall–Kier alpha value is -2.03. The van der Waals surface area contributed by atoms with Crippen molar-refractivity contribution in [3.8, 4) is 0 Å². The van der Waals surface area contributed by atoms with Crippen LogP contribution in [0.3, 0.4) is 0 Å². The van der Waals surface area contributed by atoms with Gasteiger partial charge in [-0.15, -0.1) is 0 Å². The number of carbonyl (C=O) groups is 1. The van der Waals surface area contributed by atoms with E-state index in [0.29, 0.717) is 0 Å². The van der Waals surface area contributed by atoms with Crippen LogP contribution in [0, 0.1) is 5.92 Å². The molecule has 1 aromatic carbocycles. The molecular weight excluding hydrogens is 272 g/mol. The van der Waals surface area contributed by atoms with Gasteiger partial charge in [0.2, 0.25) is 5.91 Å². The Morgan fingerprint density at radius 1 is 1.14 bits per heavy atom. The zero-order chi connectivity index (χ0) is 15.5. The fourth-order valence-electron chi connectivity index (χ4n) is 3.07. The zero-order valence-corrected chi connectivity index (χ0v) is 13.5. The molecule has 2 aliphatic rings. The van der Waals surface area contributed by atoms with Crippen molar-refractivity contribution in [2.75, 3.05) is 24.5 Å². The second-order valence-corrected chi connectivity index (χ2v) is 6.33. The largest absolute Gasteiger partial charge is 0.348 e. The number of benzene rings is 1. The van der Waals surface area contributed by atoms with Gasteiger partial charge in [-0.25, -0.2) is 0 Å². The summed E-state index contributed by atoms with van der Waals surface area (Å²) in [6.07, 6.45) is 8.64. The molecule has 0 unspecified atom stereocenters. The van der Waals surface area contributed by atoms with Gasteiger partial charge in [-0.1, -0.05) is 38.1 Å². The van der Waals surface area contributed by atoms with Crippen LogP contribution >= 0.6 is 0 Å². The van der Waals surface area contributed by atoms with Crippen molar-refractivity contribution in [1.82, 2.24) is 4.90 Å². The van der Waals surface area contributed by atoms with Crippen LogP contribution in [0.15, 0.2) is 42.6 Å². The maximum atomic E-state index is 12.0. The molecule has 2 aliphatic heterocycles. The Morgan fingerprint density at radius 2 is 1.91 bits per heavy atom. The smallest absolute Gasteiger partial charge is 0.225 e. The van der Waals surface area contributed by atoms with E-state index < -0.39 is 0 Å². The van der Waals surface area contributed by atoms with E-state index in [1.807, 2.05) is 18.7 Å². The minimum atomic E-state index is 0.0859. The molecule has 0 aliphatic carbocycles. The maximum Gasteiger partial charge on any atom is 0.225 e. The fraction of sp³-hybridized carbons (Fsp3) is 0.421. The number of rotatable bonds is 3. The monoisotopic (exact) mass is 296 g/mol. The molecule has 2 heterocycles. The molecule has 0 fully saturated rings. The van der Waals surface area contributed by atoms with Gasteiger partial charge in [0.15, 0.2) is 0 Å². The molecule has 0 radical (unpaired) electrons. The first kappa shape index (κ1) is 14.9. The Kier molecular flexibility index (Phi) is 4.32. The topological polar surface area (TPSA) is 23.6 Å². The molecule has 3 nitrogen and oxygen atoms in total. The number of carbonyl (C=O) groups excluding carboxylic acids is 1. The lowest BCUT2D eigenvalue weighted by Crippen LogP contribution is -2.37. The van der Waals surface area contributed by atoms with Crippen molar-refractivity contribution in [1.29, 1.82) is 0 Å². The van der Waals surface area contributed by atoms with Crippen LogP contribution in [0.5, 0.6) is 0 Å². The first-order valence-electron chi connectivity index (χ1n) is 8.17. The third kappa shape index (κ3) is 3.08. The van der Waals surface area contributed by atoms with Crippen LogP contribution in [-0.2, 0) is 4.79 Å². The summed E-state index contributed by atoms with van der Waals surface area (Å²) in [5.74, 6) is 0.342. The van der Waals surface area contributed by atoms with E-state index in [1.54, 1.807) is 0 Å². The number of amides is 1. The van der Waals surface area contributed by atoms with Gasteiger partial charge in [-0.3, -0.25) is 4.79 Å². The highest BCUT2D eigenvalue weighted by Crippen LogP contribution is 2.26. The molecule has 0 bridgehead atoms. The highest BCUT2D eigenvalue weighted by atomic mass is 16.2. The second-order valence-electron chi connectivity index (χ2n) is 6.33. The van der Waals surface area contributed by atoms with Crippen LogP contribution in [-0.4, -0.2) is 30.4 Å². The van der Waals surface area contributed by atoms with Crippen molar-refractivity contribution >= 4 is 17.2 Å². The molecule has 22 heavy (non-hydrogen) atoms. The summed E-state index contributed by atoms with van der Waals surface area (Å²) < 4.78 is 0. The quantitative estimate of drug-likeness (QED) is 0.849. The number of hydrogen-bond acceptors (Lipinski definition) is 2. The Bertz CT molecular complexity index is 598. The summed E-state index contributed by atoms with van der Waals surface area (Å²) in [4.78, 5) is 16.3. The predicted octanol–water partition coefficient (Wildman–Crippen LogP) is 3.68. The van der Waals surface area contributed by atoms with Gasteiger partial charge in [0.05, 0.1) is 0 Å². The molecule has 0 spiro atoms. The van der Waals surface area contributed by atoms with Gasteiger partial charge in [0, 0.05) is 37.4 Å². The van der Waals surface area contributed by atoms with E-state index in [-0.39, 0.29) is 11.8 Å². The van der Waals surface area contributed by atoms with Crippen LogP contribution in [0.1, 0.15) is 32.3 Å². The number of anilines is 1. The first-order valence-corrected chi connectivity index (χ1v) is 8.17. The van der Waals surface area contributed by atoms with Crippen LogP contribution < -0.4 is 4.90 Å². The lowest BCUT2D eigenvalue weighted by Gasteiger charge is -2.28. The average molecular weight is 296 g/mol. The molecule has 116 valence electrons. The summed E-state index contributed by atoms with van der Waals surface area (Å²) in [6.45, 7) is 6.58. The Balaban J connectivity index is 1.67. The van der Waals surface area contributed by atoms with E-state index in [4.69, 9.17) is 0 Å². The number of hydrogen-bond donors (Lipinski definition) is 0. The van der Waals surface area contributed by atoms with E-state index in [0.717, 1.165) is 32.5 Å². The van der Waals surface area contributed by atoms with Crippen molar-refractivity contribution in [3.05, 3.63) is 48.2 Å². The molecule has 3 rings (SSSR count). The fourth-order valence-corrected chi connectivity index (χ4v) is 3.07. The van der Waals surface area contributed by atoms with Crippen LogP contribution in [0.25, 0.3) is 5.57 Å². The molecular formula is C19H24N2O. The zero-order valence-electron chi connectivity index (χ0n) is 13.5. The average Bonchev–Trinajstić information content (AvgIpc) is 3.09. The highest BCUT2D eigenvalue weighted by Gasteiger charge is 2.20. The summed E-state index contributed by atoms with van der Waals surface area (Å²) in [6, 6.07) is 8.79. The maximum absolute atomic E-state index is 12.0. The van der Waals surface area contributed by atoms with Crippen molar-refractivity contribution in [2.45, 2.75) is 26.7 Å². The standard InChI is InChI=1S/C19H24N2O/c1-15(2)19(22)21-13-9-17(10-14-21)16-5-7-18(8-6-16)20-11-3-4-12-20/h3,5-9,11,15H,4,10,12-14H2,1-2H3. The number of nitrogens with zero attached hydrogens (tertiary/aromatic N) is 2. The highest BCUT2D eigenvalue weighted by molar-refractivity contribution is 5.80. The molecule has 0 saturated heterocycles. The van der Waals surface area contributed by atoms with Gasteiger partial charge < -0.3 is 9.80 Å². The van der Waals surface area contributed by atoms with Crippen molar-refractivity contribution in [2.24, 2.45) is 5.92 Å². The van der Waals surface area contributed by atoms with Crippen LogP contribution in [0.4, 0.5) is 5.69 Å². The van der Waals surface area contributed by atoms with E-state index in [2.05, 4.69) is 47.5 Å². The third-order valence-corrected chi connectivity index (χ3v) is 4.41. The van der Waals surface area contributed by atoms with E-state index >= 15 is 0 Å². The normalized spacial score (nSPS) is 18.0. The molecule has 0 N–H and O–H groups in total. The molecule has 1 aromatic rings. The summed E-state index contributed by atoms with van der Waals surface area (Å²) in [7, 11) is 0. The first-order chi connectivity index (χ1) is 10.6. The summed E-state index contributed by atoms with van der Waals surface area (Å²) in [5.41, 5.74) is 3.89. The van der Waals surface area contributed by atoms with Crippen molar-refractivity contribution < 1.29 is 4.79 Å². The molecule has 3 heteroatoms. The van der Waals surface area contributed by atoms with E-state index in [1.165, 1.54) is 16.8 Å². The van der Waals surface area contributed by atoms with Crippen LogP contribution in [0.2, 0.25) is 0 Å². The van der Waals surface area contributed by atoms with Gasteiger partial charge >= 0.3 is 0 Å². The molecule has 0 atom stereocenters. The third-order valence-electron chi connectivity index (χ3n) is 4.41. The van der Waals surface area contributed by atoms with Gasteiger partial charge in [-0.05, 0) is 36.1 Å². The second kappa shape index (κ2) is 6.39. The summed E-state index contributed by atoms with van der Waals surface area (Å²) in [5, 5.41) is 0. The van der Waals surface area contributed by atoms with Crippen molar-refractivity contribution in [3.63, 3.8) is 0 Å². The molecule has 0 aromatic heterocycles. The molecule has 1 amide bonds. The molecule has 0 saturated carbocycles. The minimum absolute atomic E-state index is 0.0859. The van der Waals surface area contributed by atoms with Gasteiger partial charge in [0.1, 0.15) is 0 Å². The van der Waals surface area contributed by atoms with E-state index in [9.17, 15) is 4.79 Å². The SMILES string of the molecule is CC(C)C(=O)N1CC=C(c2ccc(N3C=CCC3)cc2)CC1. The minimum Gasteiger partial charge on any atom is -0.348 e. The predicted molar refractivity (Wildman–Crippen MR) is 91.6 cm³/mol. The summed E-state index contributed by atoms with van der Waals surface area (Å²) >= 11 is 0. The Morgan fingerprint density at radius 3 is 2.45 bits per heavy atom. The lowest BCUT2D eigenvalue weighted by molar-refractivity contribution is -0.134.